The molecule has 2 heteroatoms. The van der Waals surface area contributed by atoms with E-state index in [9.17, 15) is 4.79 Å². The summed E-state index contributed by atoms with van der Waals surface area (Å²) in [6.45, 7) is 14.4. The number of hydrogen-bond donors (Lipinski definition) is 0. The second kappa shape index (κ2) is 7.48. The summed E-state index contributed by atoms with van der Waals surface area (Å²) in [6, 6.07) is 0. The first-order chi connectivity index (χ1) is 7.32. The van der Waals surface area contributed by atoms with Crippen molar-refractivity contribution in [1.29, 1.82) is 0 Å². The van der Waals surface area contributed by atoms with Gasteiger partial charge in [0.15, 0.2) is 0 Å². The maximum Gasteiger partial charge on any atom is 0.246 e. The molecule has 0 aliphatic heterocycles. The van der Waals surface area contributed by atoms with Crippen molar-refractivity contribution in [3.8, 4) is 0 Å². The van der Waals surface area contributed by atoms with Gasteiger partial charge in [-0.3, -0.25) is 4.79 Å². The van der Waals surface area contributed by atoms with Gasteiger partial charge >= 0.3 is 0 Å². The van der Waals surface area contributed by atoms with Crippen LogP contribution in [-0.4, -0.2) is 23.9 Å². The molecule has 0 aliphatic rings. The third-order valence-electron chi connectivity index (χ3n) is 2.11. The van der Waals surface area contributed by atoms with Crippen molar-refractivity contribution in [2.24, 2.45) is 17.8 Å². The fourth-order valence-corrected chi connectivity index (χ4v) is 1.52. The summed E-state index contributed by atoms with van der Waals surface area (Å²) in [5, 5.41) is 0. The Kier molecular flexibility index (Phi) is 7.11. The fourth-order valence-electron chi connectivity index (χ4n) is 1.52. The van der Waals surface area contributed by atoms with Crippen LogP contribution in [0.1, 0.15) is 41.5 Å². The molecule has 0 aliphatic carbocycles. The summed E-state index contributed by atoms with van der Waals surface area (Å²) in [7, 11) is 0. The SMILES string of the molecule is CC(C)/C=C/C(=O)N(CC(C)C)CC(C)C. The van der Waals surface area contributed by atoms with E-state index in [4.69, 9.17) is 0 Å². The molecule has 16 heavy (non-hydrogen) atoms. The monoisotopic (exact) mass is 225 g/mol. The van der Waals surface area contributed by atoms with Crippen molar-refractivity contribution in [3.63, 3.8) is 0 Å². The molecule has 94 valence electrons. The van der Waals surface area contributed by atoms with Gasteiger partial charge in [0.05, 0.1) is 0 Å². The van der Waals surface area contributed by atoms with Crippen LogP contribution in [0.2, 0.25) is 0 Å². The van der Waals surface area contributed by atoms with Crippen LogP contribution in [0.15, 0.2) is 12.2 Å². The van der Waals surface area contributed by atoms with E-state index in [1.54, 1.807) is 6.08 Å². The van der Waals surface area contributed by atoms with Gasteiger partial charge < -0.3 is 4.90 Å². The minimum Gasteiger partial charge on any atom is -0.339 e. The Bertz CT molecular complexity index is 219. The van der Waals surface area contributed by atoms with Crippen LogP contribution >= 0.6 is 0 Å². The van der Waals surface area contributed by atoms with E-state index < -0.39 is 0 Å². The van der Waals surface area contributed by atoms with Crippen molar-refractivity contribution in [2.75, 3.05) is 13.1 Å². The summed E-state index contributed by atoms with van der Waals surface area (Å²) in [5.74, 6) is 1.63. The molecule has 0 saturated carbocycles. The average molecular weight is 225 g/mol. The number of allylic oxidation sites excluding steroid dienone is 1. The molecule has 0 fully saturated rings. The molecule has 1 amide bonds. The van der Waals surface area contributed by atoms with Crippen molar-refractivity contribution in [3.05, 3.63) is 12.2 Å². The lowest BCUT2D eigenvalue weighted by Crippen LogP contribution is -2.35. The number of amides is 1. The Hall–Kier alpha value is -0.790. The standard InChI is InChI=1S/C14H27NO/c1-11(2)7-8-14(16)15(9-12(3)4)10-13(5)6/h7-8,11-13H,9-10H2,1-6H3/b8-7+. The Morgan fingerprint density at radius 2 is 1.44 bits per heavy atom. The van der Waals surface area contributed by atoms with E-state index in [0.717, 1.165) is 13.1 Å². The molecule has 0 aromatic rings. The highest BCUT2D eigenvalue weighted by Crippen LogP contribution is 2.05. The molecule has 0 heterocycles. The molecule has 0 saturated heterocycles. The van der Waals surface area contributed by atoms with Gasteiger partial charge in [-0.05, 0) is 23.8 Å². The van der Waals surface area contributed by atoms with Gasteiger partial charge in [-0.15, -0.1) is 0 Å². The molecule has 2 nitrogen and oxygen atoms in total. The zero-order chi connectivity index (χ0) is 12.7. The Morgan fingerprint density at radius 3 is 1.75 bits per heavy atom. The lowest BCUT2D eigenvalue weighted by atomic mass is 10.1. The third kappa shape index (κ3) is 7.49. The number of hydrogen-bond acceptors (Lipinski definition) is 1. The summed E-state index contributed by atoms with van der Waals surface area (Å²) in [4.78, 5) is 13.9. The van der Waals surface area contributed by atoms with Crippen LogP contribution < -0.4 is 0 Å². The minimum absolute atomic E-state index is 0.149. The average Bonchev–Trinajstić information content (AvgIpc) is 2.11. The van der Waals surface area contributed by atoms with Gasteiger partial charge in [0.25, 0.3) is 0 Å². The quantitative estimate of drug-likeness (QED) is 0.635. The zero-order valence-electron chi connectivity index (χ0n) is 11.7. The van der Waals surface area contributed by atoms with Crippen LogP contribution in [0.5, 0.6) is 0 Å². The van der Waals surface area contributed by atoms with Crippen LogP contribution in [0.3, 0.4) is 0 Å². The first-order valence-corrected chi connectivity index (χ1v) is 6.30. The Morgan fingerprint density at radius 1 is 1.00 bits per heavy atom. The highest BCUT2D eigenvalue weighted by atomic mass is 16.2. The van der Waals surface area contributed by atoms with Gasteiger partial charge in [0.1, 0.15) is 0 Å². The molecular formula is C14H27NO. The van der Waals surface area contributed by atoms with E-state index in [2.05, 4.69) is 41.5 Å². The van der Waals surface area contributed by atoms with Crippen molar-refractivity contribution < 1.29 is 4.79 Å². The van der Waals surface area contributed by atoms with Crippen molar-refractivity contribution >= 4 is 5.91 Å². The zero-order valence-corrected chi connectivity index (χ0v) is 11.7. The van der Waals surface area contributed by atoms with E-state index in [1.807, 2.05) is 11.0 Å². The van der Waals surface area contributed by atoms with E-state index in [0.29, 0.717) is 17.8 Å². The molecule has 0 atom stereocenters. The molecule has 0 aromatic carbocycles. The maximum absolute atomic E-state index is 12.0. The van der Waals surface area contributed by atoms with Crippen LogP contribution in [0, 0.1) is 17.8 Å². The molecule has 0 spiro atoms. The molecule has 0 bridgehead atoms. The van der Waals surface area contributed by atoms with Gasteiger partial charge in [0, 0.05) is 13.1 Å². The minimum atomic E-state index is 0.149. The van der Waals surface area contributed by atoms with Crippen LogP contribution in [0.25, 0.3) is 0 Å². The van der Waals surface area contributed by atoms with Gasteiger partial charge in [-0.1, -0.05) is 47.6 Å². The molecule has 0 aromatic heterocycles. The number of carbonyl (C=O) groups excluding carboxylic acids is 1. The molecule has 0 N–H and O–H groups in total. The third-order valence-corrected chi connectivity index (χ3v) is 2.11. The Labute approximate surface area is 101 Å². The predicted octanol–water partition coefficient (Wildman–Crippen LogP) is 3.34. The second-order valence-corrected chi connectivity index (χ2v) is 5.63. The normalized spacial score (nSPS) is 12.1. The maximum atomic E-state index is 12.0. The highest BCUT2D eigenvalue weighted by Gasteiger charge is 2.13. The summed E-state index contributed by atoms with van der Waals surface area (Å²) >= 11 is 0. The van der Waals surface area contributed by atoms with E-state index in [1.165, 1.54) is 0 Å². The lowest BCUT2D eigenvalue weighted by Gasteiger charge is -2.25. The number of nitrogens with zero attached hydrogens (tertiary/aromatic N) is 1. The number of carbonyl (C=O) groups is 1. The van der Waals surface area contributed by atoms with Crippen LogP contribution in [0.4, 0.5) is 0 Å². The van der Waals surface area contributed by atoms with Crippen LogP contribution in [-0.2, 0) is 4.79 Å². The summed E-state index contributed by atoms with van der Waals surface area (Å²) < 4.78 is 0. The van der Waals surface area contributed by atoms with Crippen molar-refractivity contribution in [2.45, 2.75) is 41.5 Å². The topological polar surface area (TPSA) is 20.3 Å². The summed E-state index contributed by atoms with van der Waals surface area (Å²) in [6.07, 6.45) is 3.69. The van der Waals surface area contributed by atoms with E-state index >= 15 is 0 Å². The molecule has 0 rings (SSSR count). The van der Waals surface area contributed by atoms with Gasteiger partial charge in [-0.2, -0.15) is 0 Å². The second-order valence-electron chi connectivity index (χ2n) is 5.63. The summed E-state index contributed by atoms with van der Waals surface area (Å²) in [5.41, 5.74) is 0. The highest BCUT2D eigenvalue weighted by molar-refractivity contribution is 5.87. The van der Waals surface area contributed by atoms with Gasteiger partial charge in [-0.25, -0.2) is 0 Å². The fraction of sp³-hybridized carbons (Fsp3) is 0.786. The van der Waals surface area contributed by atoms with Gasteiger partial charge in [0.2, 0.25) is 5.91 Å². The Balaban J connectivity index is 4.43. The lowest BCUT2D eigenvalue weighted by molar-refractivity contribution is -0.127. The first-order valence-electron chi connectivity index (χ1n) is 6.30. The first kappa shape index (κ1) is 15.2. The molecule has 0 unspecified atom stereocenters. The molecule has 0 radical (unpaired) electrons. The van der Waals surface area contributed by atoms with E-state index in [-0.39, 0.29) is 5.91 Å². The smallest absolute Gasteiger partial charge is 0.246 e. The largest absolute Gasteiger partial charge is 0.339 e. The molecular weight excluding hydrogens is 198 g/mol. The predicted molar refractivity (Wildman–Crippen MR) is 70.2 cm³/mol. The van der Waals surface area contributed by atoms with Crippen molar-refractivity contribution in [1.82, 2.24) is 4.90 Å². The number of rotatable bonds is 6.